The molecular formula is C15H20ClN3. The molecule has 3 nitrogen and oxygen atoms in total. The maximum absolute atomic E-state index is 6.05. The minimum absolute atomic E-state index is 0.480. The number of aromatic nitrogens is 2. The topological polar surface area (TPSA) is 21.1 Å². The molecule has 102 valence electrons. The van der Waals surface area contributed by atoms with E-state index in [4.69, 9.17) is 11.6 Å². The van der Waals surface area contributed by atoms with Gasteiger partial charge in [0.25, 0.3) is 0 Å². The van der Waals surface area contributed by atoms with Crippen LogP contribution in [-0.4, -0.2) is 34.1 Å². The van der Waals surface area contributed by atoms with Gasteiger partial charge in [0.1, 0.15) is 5.82 Å². The highest BCUT2D eigenvalue weighted by molar-refractivity contribution is 6.16. The summed E-state index contributed by atoms with van der Waals surface area (Å²) in [6, 6.07) is 6.36. The molecule has 1 aliphatic rings. The molecule has 0 atom stereocenters. The Morgan fingerprint density at radius 2 is 2.00 bits per heavy atom. The molecule has 2 heterocycles. The standard InChI is InChI=1S/C15H20ClN3/c1-12-5-4-6-13-15(12)17-14(11-16)19(13)10-9-18-7-2-3-8-18/h4-6H,2-3,7-11H2,1H3. The van der Waals surface area contributed by atoms with Crippen LogP contribution in [0.3, 0.4) is 0 Å². The Bertz CT molecular complexity index is 570. The van der Waals surface area contributed by atoms with Crippen LogP contribution in [0.4, 0.5) is 0 Å². The predicted molar refractivity (Wildman–Crippen MR) is 79.7 cm³/mol. The molecule has 4 heteroatoms. The second-order valence-electron chi connectivity index (χ2n) is 5.30. The summed E-state index contributed by atoms with van der Waals surface area (Å²) in [5.41, 5.74) is 3.54. The van der Waals surface area contributed by atoms with Crippen LogP contribution in [0.25, 0.3) is 11.0 Å². The summed E-state index contributed by atoms with van der Waals surface area (Å²) in [7, 11) is 0. The Balaban J connectivity index is 1.89. The summed E-state index contributed by atoms with van der Waals surface area (Å²) in [5, 5.41) is 0. The number of alkyl halides is 1. The van der Waals surface area contributed by atoms with E-state index in [1.165, 1.54) is 37.0 Å². The van der Waals surface area contributed by atoms with E-state index < -0.39 is 0 Å². The molecule has 0 unspecified atom stereocenters. The molecule has 1 aliphatic heterocycles. The van der Waals surface area contributed by atoms with Crippen LogP contribution in [0.2, 0.25) is 0 Å². The molecule has 0 spiro atoms. The van der Waals surface area contributed by atoms with Gasteiger partial charge in [0.2, 0.25) is 0 Å². The summed E-state index contributed by atoms with van der Waals surface area (Å²) < 4.78 is 2.29. The lowest BCUT2D eigenvalue weighted by atomic mass is 10.2. The molecule has 2 aromatic rings. The van der Waals surface area contributed by atoms with Gasteiger partial charge in [0, 0.05) is 13.1 Å². The van der Waals surface area contributed by atoms with E-state index in [1.54, 1.807) is 0 Å². The molecule has 1 aromatic carbocycles. The van der Waals surface area contributed by atoms with Crippen LogP contribution in [0.15, 0.2) is 18.2 Å². The second-order valence-corrected chi connectivity index (χ2v) is 5.57. The number of hydrogen-bond donors (Lipinski definition) is 0. The van der Waals surface area contributed by atoms with Gasteiger partial charge >= 0.3 is 0 Å². The summed E-state index contributed by atoms with van der Waals surface area (Å²) >= 11 is 6.05. The van der Waals surface area contributed by atoms with Crippen molar-refractivity contribution in [3.8, 4) is 0 Å². The smallest absolute Gasteiger partial charge is 0.124 e. The zero-order chi connectivity index (χ0) is 13.2. The number of aryl methyl sites for hydroxylation is 1. The number of rotatable bonds is 4. The molecule has 0 aliphatic carbocycles. The quantitative estimate of drug-likeness (QED) is 0.801. The Hall–Kier alpha value is -1.06. The van der Waals surface area contributed by atoms with E-state index in [0.717, 1.165) is 24.4 Å². The third-order valence-corrected chi connectivity index (χ3v) is 4.26. The number of para-hydroxylation sites is 1. The van der Waals surface area contributed by atoms with Crippen molar-refractivity contribution in [3.63, 3.8) is 0 Å². The summed E-state index contributed by atoms with van der Waals surface area (Å²) in [6.45, 7) is 6.67. The summed E-state index contributed by atoms with van der Waals surface area (Å²) in [6.07, 6.45) is 2.68. The zero-order valence-corrected chi connectivity index (χ0v) is 12.2. The maximum atomic E-state index is 6.05. The fraction of sp³-hybridized carbons (Fsp3) is 0.533. The normalized spacial score (nSPS) is 16.5. The van der Waals surface area contributed by atoms with Crippen LogP contribution in [0, 0.1) is 6.92 Å². The van der Waals surface area contributed by atoms with Crippen molar-refractivity contribution in [1.29, 1.82) is 0 Å². The van der Waals surface area contributed by atoms with Gasteiger partial charge in [-0.3, -0.25) is 0 Å². The number of likely N-dealkylation sites (tertiary alicyclic amines) is 1. The highest BCUT2D eigenvalue weighted by Gasteiger charge is 2.14. The molecule has 3 rings (SSSR count). The van der Waals surface area contributed by atoms with E-state index in [9.17, 15) is 0 Å². The Kier molecular flexibility index (Phi) is 3.76. The third kappa shape index (κ3) is 2.49. The molecular weight excluding hydrogens is 258 g/mol. The minimum Gasteiger partial charge on any atom is -0.326 e. The SMILES string of the molecule is Cc1cccc2c1nc(CCl)n2CCN1CCCC1. The molecule has 0 N–H and O–H groups in total. The van der Waals surface area contributed by atoms with Crippen molar-refractivity contribution < 1.29 is 0 Å². The van der Waals surface area contributed by atoms with Crippen LogP contribution >= 0.6 is 11.6 Å². The third-order valence-electron chi connectivity index (χ3n) is 4.02. The van der Waals surface area contributed by atoms with E-state index in [-0.39, 0.29) is 0 Å². The lowest BCUT2D eigenvalue weighted by molar-refractivity contribution is 0.323. The average Bonchev–Trinajstić information content (AvgIpc) is 3.03. The van der Waals surface area contributed by atoms with Crippen LogP contribution in [0.5, 0.6) is 0 Å². The van der Waals surface area contributed by atoms with Crippen molar-refractivity contribution in [2.75, 3.05) is 19.6 Å². The van der Waals surface area contributed by atoms with Crippen molar-refractivity contribution in [2.45, 2.75) is 32.2 Å². The molecule has 1 fully saturated rings. The average molecular weight is 278 g/mol. The highest BCUT2D eigenvalue weighted by atomic mass is 35.5. The molecule has 1 saturated heterocycles. The molecule has 1 aromatic heterocycles. The van der Waals surface area contributed by atoms with Gasteiger partial charge in [0.05, 0.1) is 16.9 Å². The Morgan fingerprint density at radius 3 is 2.74 bits per heavy atom. The lowest BCUT2D eigenvalue weighted by Gasteiger charge is -2.16. The largest absolute Gasteiger partial charge is 0.326 e. The van der Waals surface area contributed by atoms with Gasteiger partial charge in [-0.05, 0) is 44.5 Å². The first-order chi connectivity index (χ1) is 9.29. The van der Waals surface area contributed by atoms with E-state index in [1.807, 2.05) is 0 Å². The Morgan fingerprint density at radius 1 is 1.21 bits per heavy atom. The van der Waals surface area contributed by atoms with E-state index in [0.29, 0.717) is 5.88 Å². The van der Waals surface area contributed by atoms with Gasteiger partial charge in [0.15, 0.2) is 0 Å². The number of nitrogens with zero attached hydrogens (tertiary/aromatic N) is 3. The number of halogens is 1. The van der Waals surface area contributed by atoms with Crippen molar-refractivity contribution in [2.24, 2.45) is 0 Å². The molecule has 0 saturated carbocycles. The first-order valence-corrected chi connectivity index (χ1v) is 7.56. The fourth-order valence-electron chi connectivity index (χ4n) is 2.93. The fourth-order valence-corrected chi connectivity index (χ4v) is 3.14. The van der Waals surface area contributed by atoms with Gasteiger partial charge in [-0.15, -0.1) is 11.6 Å². The summed E-state index contributed by atoms with van der Waals surface area (Å²) in [4.78, 5) is 7.22. The summed E-state index contributed by atoms with van der Waals surface area (Å²) in [5.74, 6) is 1.47. The van der Waals surface area contributed by atoms with Gasteiger partial charge in [-0.25, -0.2) is 4.98 Å². The highest BCUT2D eigenvalue weighted by Crippen LogP contribution is 2.21. The first-order valence-electron chi connectivity index (χ1n) is 7.02. The monoisotopic (exact) mass is 277 g/mol. The molecule has 0 bridgehead atoms. The van der Waals surface area contributed by atoms with Crippen molar-refractivity contribution in [1.82, 2.24) is 14.5 Å². The number of imidazole rings is 1. The first kappa shape index (κ1) is 12.9. The van der Waals surface area contributed by atoms with Gasteiger partial charge in [-0.2, -0.15) is 0 Å². The van der Waals surface area contributed by atoms with E-state index in [2.05, 4.69) is 39.6 Å². The maximum Gasteiger partial charge on any atom is 0.124 e. The van der Waals surface area contributed by atoms with Crippen LogP contribution in [0.1, 0.15) is 24.2 Å². The Labute approximate surface area is 119 Å². The van der Waals surface area contributed by atoms with Crippen molar-refractivity contribution >= 4 is 22.6 Å². The predicted octanol–water partition coefficient (Wildman–Crippen LogP) is 3.18. The van der Waals surface area contributed by atoms with Gasteiger partial charge < -0.3 is 9.47 Å². The number of hydrogen-bond acceptors (Lipinski definition) is 2. The van der Waals surface area contributed by atoms with Crippen LogP contribution < -0.4 is 0 Å². The number of benzene rings is 1. The zero-order valence-electron chi connectivity index (χ0n) is 11.4. The molecule has 0 amide bonds. The molecule has 0 radical (unpaired) electrons. The molecule has 19 heavy (non-hydrogen) atoms. The van der Waals surface area contributed by atoms with Gasteiger partial charge in [-0.1, -0.05) is 12.1 Å². The lowest BCUT2D eigenvalue weighted by Crippen LogP contribution is -2.24. The van der Waals surface area contributed by atoms with Crippen molar-refractivity contribution in [3.05, 3.63) is 29.6 Å². The minimum atomic E-state index is 0.480. The second kappa shape index (κ2) is 5.51. The van der Waals surface area contributed by atoms with E-state index >= 15 is 0 Å². The van der Waals surface area contributed by atoms with Crippen LogP contribution in [-0.2, 0) is 12.4 Å². The number of fused-ring (bicyclic) bond motifs is 1.